The predicted octanol–water partition coefficient (Wildman–Crippen LogP) is 2.66. The molecule has 3 nitrogen and oxygen atoms in total. The number of fused-ring (bicyclic) bond motifs is 2. The van der Waals surface area contributed by atoms with Crippen LogP contribution < -0.4 is 5.32 Å². The summed E-state index contributed by atoms with van der Waals surface area (Å²) >= 11 is 0. The lowest BCUT2D eigenvalue weighted by molar-refractivity contribution is -0.126. The monoisotopic (exact) mass is 266 g/mol. The molecule has 3 heteroatoms. The lowest BCUT2D eigenvalue weighted by Gasteiger charge is -2.48. The van der Waals surface area contributed by atoms with E-state index in [0.717, 1.165) is 19.0 Å². The summed E-state index contributed by atoms with van der Waals surface area (Å²) in [5, 5.41) is 3.40. The second-order valence-electron chi connectivity index (χ2n) is 7.14. The zero-order chi connectivity index (χ0) is 14.3. The maximum absolute atomic E-state index is 12.3. The van der Waals surface area contributed by atoms with Crippen LogP contribution in [-0.2, 0) is 4.79 Å². The van der Waals surface area contributed by atoms with Crippen molar-refractivity contribution in [3.05, 3.63) is 0 Å². The Balaban J connectivity index is 2.03. The lowest BCUT2D eigenvalue weighted by atomic mass is 9.64. The molecule has 0 aromatic rings. The highest BCUT2D eigenvalue weighted by Crippen LogP contribution is 2.61. The largest absolute Gasteiger partial charge is 0.349 e. The minimum absolute atomic E-state index is 0.0137. The smallest absolute Gasteiger partial charge is 0.234 e. The molecule has 0 radical (unpaired) electrons. The first-order valence-electron chi connectivity index (χ1n) is 7.88. The standard InChI is InChI=1S/C16H30N2O/c1-6-18(7-2)11-14(19)17-16(5)13-9-8-12(10-13)15(16,3)4/h12-13H,6-11H2,1-5H3,(H,17,19). The third-order valence-corrected chi connectivity index (χ3v) is 6.27. The van der Waals surface area contributed by atoms with Crippen molar-refractivity contribution in [1.82, 2.24) is 10.2 Å². The molecule has 1 amide bonds. The fourth-order valence-corrected chi connectivity index (χ4v) is 4.35. The number of rotatable bonds is 5. The fourth-order valence-electron chi connectivity index (χ4n) is 4.35. The summed E-state index contributed by atoms with van der Waals surface area (Å²) in [5.74, 6) is 1.66. The molecule has 2 rings (SSSR count). The van der Waals surface area contributed by atoms with Gasteiger partial charge in [-0.05, 0) is 56.5 Å². The van der Waals surface area contributed by atoms with Gasteiger partial charge in [0.25, 0.3) is 0 Å². The van der Waals surface area contributed by atoms with Crippen LogP contribution in [0.2, 0.25) is 0 Å². The van der Waals surface area contributed by atoms with E-state index >= 15 is 0 Å². The van der Waals surface area contributed by atoms with Gasteiger partial charge in [0.15, 0.2) is 0 Å². The molecule has 3 atom stereocenters. The first-order valence-corrected chi connectivity index (χ1v) is 7.88. The zero-order valence-corrected chi connectivity index (χ0v) is 13.3. The van der Waals surface area contributed by atoms with E-state index in [4.69, 9.17) is 0 Å². The number of hydrogen-bond acceptors (Lipinski definition) is 2. The molecule has 0 spiro atoms. The minimum Gasteiger partial charge on any atom is -0.349 e. The van der Waals surface area contributed by atoms with Crippen molar-refractivity contribution >= 4 is 5.91 Å². The fraction of sp³-hybridized carbons (Fsp3) is 0.938. The van der Waals surface area contributed by atoms with Crippen molar-refractivity contribution in [1.29, 1.82) is 0 Å². The maximum Gasteiger partial charge on any atom is 0.234 e. The van der Waals surface area contributed by atoms with Crippen LogP contribution in [0.15, 0.2) is 0 Å². The van der Waals surface area contributed by atoms with E-state index in [-0.39, 0.29) is 16.9 Å². The quantitative estimate of drug-likeness (QED) is 0.829. The predicted molar refractivity (Wildman–Crippen MR) is 78.9 cm³/mol. The number of nitrogens with one attached hydrogen (secondary N) is 1. The highest BCUT2D eigenvalue weighted by atomic mass is 16.2. The molecule has 0 saturated heterocycles. The molecule has 1 N–H and O–H groups in total. The molecule has 0 aromatic heterocycles. The Bertz CT molecular complexity index is 349. The van der Waals surface area contributed by atoms with E-state index < -0.39 is 0 Å². The number of nitrogens with zero attached hydrogens (tertiary/aromatic N) is 1. The van der Waals surface area contributed by atoms with E-state index in [1.165, 1.54) is 19.3 Å². The van der Waals surface area contributed by atoms with Crippen LogP contribution in [0.1, 0.15) is 53.9 Å². The summed E-state index contributed by atoms with van der Waals surface area (Å²) in [6.07, 6.45) is 3.93. The van der Waals surface area contributed by atoms with Gasteiger partial charge in [0, 0.05) is 5.54 Å². The van der Waals surface area contributed by atoms with E-state index in [1.807, 2.05) is 0 Å². The van der Waals surface area contributed by atoms with Crippen LogP contribution in [0.25, 0.3) is 0 Å². The van der Waals surface area contributed by atoms with Crippen molar-refractivity contribution in [2.45, 2.75) is 59.4 Å². The third kappa shape index (κ3) is 2.31. The van der Waals surface area contributed by atoms with Gasteiger partial charge in [0.2, 0.25) is 5.91 Å². The van der Waals surface area contributed by atoms with Gasteiger partial charge in [-0.1, -0.05) is 27.7 Å². The summed E-state index contributed by atoms with van der Waals surface area (Å²) in [5.41, 5.74) is 0.217. The normalized spacial score (nSPS) is 35.9. The highest BCUT2D eigenvalue weighted by Gasteiger charge is 2.60. The summed E-state index contributed by atoms with van der Waals surface area (Å²) in [4.78, 5) is 14.5. The average molecular weight is 266 g/mol. The molecule has 0 aromatic carbocycles. The SMILES string of the molecule is CCN(CC)CC(=O)NC1(C)C2CCC(C2)C1(C)C. The summed E-state index contributed by atoms with van der Waals surface area (Å²) in [7, 11) is 0. The molecule has 2 aliphatic carbocycles. The number of carbonyl (C=O) groups excluding carboxylic acids is 1. The Kier molecular flexibility index (Phi) is 3.97. The van der Waals surface area contributed by atoms with Crippen molar-refractivity contribution in [3.8, 4) is 0 Å². The molecule has 19 heavy (non-hydrogen) atoms. The second kappa shape index (κ2) is 5.08. The molecule has 0 heterocycles. The summed E-state index contributed by atoms with van der Waals surface area (Å²) in [6, 6.07) is 0. The van der Waals surface area contributed by atoms with Gasteiger partial charge in [0.1, 0.15) is 0 Å². The van der Waals surface area contributed by atoms with Crippen molar-refractivity contribution in [3.63, 3.8) is 0 Å². The molecule has 0 aliphatic heterocycles. The number of hydrogen-bond donors (Lipinski definition) is 1. The van der Waals surface area contributed by atoms with Gasteiger partial charge < -0.3 is 5.32 Å². The minimum atomic E-state index is -0.0137. The van der Waals surface area contributed by atoms with Crippen LogP contribution in [0.3, 0.4) is 0 Å². The van der Waals surface area contributed by atoms with Crippen LogP contribution >= 0.6 is 0 Å². The zero-order valence-electron chi connectivity index (χ0n) is 13.3. The molecule has 3 unspecified atom stereocenters. The van der Waals surface area contributed by atoms with Gasteiger partial charge in [-0.3, -0.25) is 9.69 Å². The number of likely N-dealkylation sites (N-methyl/N-ethyl adjacent to an activating group) is 1. The molecule has 2 aliphatic rings. The van der Waals surface area contributed by atoms with E-state index in [2.05, 4.69) is 44.8 Å². The molecular weight excluding hydrogens is 236 g/mol. The van der Waals surface area contributed by atoms with E-state index in [9.17, 15) is 4.79 Å². The van der Waals surface area contributed by atoms with Gasteiger partial charge in [0.05, 0.1) is 6.54 Å². The Morgan fingerprint density at radius 2 is 1.74 bits per heavy atom. The summed E-state index contributed by atoms with van der Waals surface area (Å²) < 4.78 is 0. The highest BCUT2D eigenvalue weighted by molar-refractivity contribution is 5.79. The first-order chi connectivity index (χ1) is 8.85. The third-order valence-electron chi connectivity index (χ3n) is 6.27. The Labute approximate surface area is 118 Å². The Morgan fingerprint density at radius 3 is 2.21 bits per heavy atom. The van der Waals surface area contributed by atoms with Crippen LogP contribution in [-0.4, -0.2) is 36.0 Å². The van der Waals surface area contributed by atoms with Crippen molar-refractivity contribution in [2.75, 3.05) is 19.6 Å². The molecule has 2 bridgehead atoms. The van der Waals surface area contributed by atoms with Crippen LogP contribution in [0, 0.1) is 17.3 Å². The molecule has 2 saturated carbocycles. The topological polar surface area (TPSA) is 32.3 Å². The first kappa shape index (κ1) is 14.8. The van der Waals surface area contributed by atoms with Gasteiger partial charge in [-0.2, -0.15) is 0 Å². The van der Waals surface area contributed by atoms with Crippen LogP contribution in [0.4, 0.5) is 0 Å². The Hall–Kier alpha value is -0.570. The molecule has 110 valence electrons. The van der Waals surface area contributed by atoms with Crippen molar-refractivity contribution < 1.29 is 4.79 Å². The molecule has 2 fully saturated rings. The van der Waals surface area contributed by atoms with E-state index in [1.54, 1.807) is 0 Å². The maximum atomic E-state index is 12.3. The Morgan fingerprint density at radius 1 is 1.16 bits per heavy atom. The molecular formula is C16H30N2O. The van der Waals surface area contributed by atoms with Gasteiger partial charge >= 0.3 is 0 Å². The number of amides is 1. The van der Waals surface area contributed by atoms with Gasteiger partial charge in [-0.25, -0.2) is 0 Å². The number of carbonyl (C=O) groups is 1. The van der Waals surface area contributed by atoms with Crippen LogP contribution in [0.5, 0.6) is 0 Å². The summed E-state index contributed by atoms with van der Waals surface area (Å²) in [6.45, 7) is 13.6. The second-order valence-corrected chi connectivity index (χ2v) is 7.14. The average Bonchev–Trinajstić information content (AvgIpc) is 2.90. The van der Waals surface area contributed by atoms with Gasteiger partial charge in [-0.15, -0.1) is 0 Å². The van der Waals surface area contributed by atoms with Crippen molar-refractivity contribution in [2.24, 2.45) is 17.3 Å². The van der Waals surface area contributed by atoms with E-state index in [0.29, 0.717) is 12.5 Å². The lowest BCUT2D eigenvalue weighted by Crippen LogP contribution is -2.60.